The van der Waals surface area contributed by atoms with E-state index >= 15 is 0 Å². The van der Waals surface area contributed by atoms with Gasteiger partial charge < -0.3 is 4.74 Å². The van der Waals surface area contributed by atoms with E-state index < -0.39 is 41.4 Å². The van der Waals surface area contributed by atoms with E-state index in [1.807, 2.05) is 0 Å². The topological polar surface area (TPSA) is 72.3 Å². The number of fused-ring (bicyclic) bond motifs is 1. The average molecular weight is 405 g/mol. The predicted octanol–water partition coefficient (Wildman–Crippen LogP) is 3.78. The highest BCUT2D eigenvalue weighted by Crippen LogP contribution is 2.34. The maximum absolute atomic E-state index is 13.9. The van der Waals surface area contributed by atoms with Crippen molar-refractivity contribution in [1.82, 2.24) is 19.6 Å². The monoisotopic (exact) mass is 404 g/mol. The van der Waals surface area contributed by atoms with Crippen molar-refractivity contribution < 1.29 is 22.3 Å². The summed E-state index contributed by atoms with van der Waals surface area (Å²) in [7, 11) is 0. The summed E-state index contributed by atoms with van der Waals surface area (Å²) >= 11 is 5.73. The minimum absolute atomic E-state index is 0.0613. The van der Waals surface area contributed by atoms with Crippen LogP contribution in [-0.4, -0.2) is 32.6 Å². The standard InChI is InChI=1S/C16H13ClF4N4O2/c1-6(2)13-11(7-3-8(17)12(21)9(18)4-7)14-22-15(27-5-10(19)20)23-16(26)25(14)24-13/h3-4,6,10H,5H2,1-2H3,(H,22,23,26). The Labute approximate surface area is 154 Å². The van der Waals surface area contributed by atoms with Gasteiger partial charge in [0.05, 0.1) is 16.3 Å². The van der Waals surface area contributed by atoms with Crippen molar-refractivity contribution in [3.05, 3.63) is 45.0 Å². The van der Waals surface area contributed by atoms with Gasteiger partial charge in [-0.15, -0.1) is 0 Å². The molecule has 2 heterocycles. The summed E-state index contributed by atoms with van der Waals surface area (Å²) in [5.74, 6) is -2.63. The van der Waals surface area contributed by atoms with Crippen LogP contribution in [0.3, 0.4) is 0 Å². The van der Waals surface area contributed by atoms with Crippen LogP contribution >= 0.6 is 11.6 Å². The molecule has 0 aliphatic carbocycles. The summed E-state index contributed by atoms with van der Waals surface area (Å²) in [6, 6.07) is 1.62. The molecule has 0 saturated heterocycles. The number of halogens is 5. The second-order valence-corrected chi connectivity index (χ2v) is 6.36. The molecule has 0 spiro atoms. The van der Waals surface area contributed by atoms with Gasteiger partial charge in [0, 0.05) is 0 Å². The third kappa shape index (κ3) is 3.61. The minimum Gasteiger partial charge on any atom is -0.459 e. The molecule has 3 rings (SSSR count). The van der Waals surface area contributed by atoms with Crippen LogP contribution in [0.5, 0.6) is 6.01 Å². The Balaban J connectivity index is 2.29. The Morgan fingerprint density at radius 2 is 2.00 bits per heavy atom. The van der Waals surface area contributed by atoms with E-state index in [9.17, 15) is 22.4 Å². The summed E-state index contributed by atoms with van der Waals surface area (Å²) in [5.41, 5.74) is -0.129. The van der Waals surface area contributed by atoms with Gasteiger partial charge in [-0.05, 0) is 23.6 Å². The number of H-pyrrole nitrogens is 1. The first-order valence-electron chi connectivity index (χ1n) is 7.77. The van der Waals surface area contributed by atoms with Gasteiger partial charge in [0.2, 0.25) is 0 Å². The van der Waals surface area contributed by atoms with Crippen molar-refractivity contribution in [2.75, 3.05) is 6.61 Å². The molecular weight excluding hydrogens is 392 g/mol. The van der Waals surface area contributed by atoms with E-state index in [1.165, 1.54) is 6.07 Å². The van der Waals surface area contributed by atoms with Crippen LogP contribution in [-0.2, 0) is 0 Å². The number of aromatic nitrogens is 4. The number of benzene rings is 1. The second kappa shape index (κ2) is 7.18. The zero-order valence-corrected chi connectivity index (χ0v) is 14.8. The number of hydrogen-bond acceptors (Lipinski definition) is 4. The number of ether oxygens (including phenoxy) is 1. The van der Waals surface area contributed by atoms with Crippen molar-refractivity contribution in [2.24, 2.45) is 0 Å². The van der Waals surface area contributed by atoms with Crippen LogP contribution in [0, 0.1) is 11.6 Å². The van der Waals surface area contributed by atoms with Gasteiger partial charge in [-0.2, -0.15) is 14.6 Å². The Kier molecular flexibility index (Phi) is 5.09. The Morgan fingerprint density at radius 1 is 1.30 bits per heavy atom. The third-order valence-corrected chi connectivity index (χ3v) is 3.94. The smallest absolute Gasteiger partial charge is 0.352 e. The SMILES string of the molecule is CC(C)c1nn2c(=O)[nH]c(OCC(F)F)nc2c1-c1cc(F)c(F)c(Cl)c1. The van der Waals surface area contributed by atoms with Crippen molar-refractivity contribution in [3.8, 4) is 17.1 Å². The lowest BCUT2D eigenvalue weighted by Crippen LogP contribution is -2.21. The molecule has 6 nitrogen and oxygen atoms in total. The van der Waals surface area contributed by atoms with Gasteiger partial charge in [-0.3, -0.25) is 4.98 Å². The van der Waals surface area contributed by atoms with Crippen LogP contribution < -0.4 is 10.4 Å². The van der Waals surface area contributed by atoms with E-state index in [1.54, 1.807) is 13.8 Å². The highest BCUT2D eigenvalue weighted by atomic mass is 35.5. The van der Waals surface area contributed by atoms with E-state index in [-0.39, 0.29) is 22.7 Å². The summed E-state index contributed by atoms with van der Waals surface area (Å²) in [6.45, 7) is 2.57. The molecule has 144 valence electrons. The van der Waals surface area contributed by atoms with E-state index in [4.69, 9.17) is 16.3 Å². The van der Waals surface area contributed by atoms with Crippen molar-refractivity contribution in [2.45, 2.75) is 26.2 Å². The maximum Gasteiger partial charge on any atom is 0.352 e. The molecule has 0 aliphatic heterocycles. The molecule has 0 saturated carbocycles. The molecule has 0 aliphatic rings. The first kappa shape index (κ1) is 19.2. The Morgan fingerprint density at radius 3 is 2.59 bits per heavy atom. The van der Waals surface area contributed by atoms with Crippen LogP contribution in [0.2, 0.25) is 5.02 Å². The molecule has 1 N–H and O–H groups in total. The lowest BCUT2D eigenvalue weighted by atomic mass is 9.99. The van der Waals surface area contributed by atoms with E-state index in [0.29, 0.717) is 5.69 Å². The number of hydrogen-bond donors (Lipinski definition) is 1. The largest absolute Gasteiger partial charge is 0.459 e. The lowest BCUT2D eigenvalue weighted by Gasteiger charge is -2.08. The predicted molar refractivity (Wildman–Crippen MR) is 89.6 cm³/mol. The Hall–Kier alpha value is -2.62. The molecule has 2 aromatic heterocycles. The third-order valence-electron chi connectivity index (χ3n) is 3.67. The van der Waals surface area contributed by atoms with Crippen molar-refractivity contribution in [3.63, 3.8) is 0 Å². The summed E-state index contributed by atoms with van der Waals surface area (Å²) in [6.07, 6.45) is -2.77. The number of nitrogens with zero attached hydrogens (tertiary/aromatic N) is 3. The first-order chi connectivity index (χ1) is 12.7. The highest BCUT2D eigenvalue weighted by molar-refractivity contribution is 6.31. The number of alkyl halides is 2. The summed E-state index contributed by atoms with van der Waals surface area (Å²) in [5, 5.41) is 3.69. The van der Waals surface area contributed by atoms with E-state index in [0.717, 1.165) is 10.6 Å². The minimum atomic E-state index is -2.77. The fourth-order valence-corrected chi connectivity index (χ4v) is 2.74. The quantitative estimate of drug-likeness (QED) is 0.519. The lowest BCUT2D eigenvalue weighted by molar-refractivity contribution is 0.0768. The van der Waals surface area contributed by atoms with Crippen molar-refractivity contribution in [1.29, 1.82) is 0 Å². The molecule has 27 heavy (non-hydrogen) atoms. The van der Waals surface area contributed by atoms with E-state index in [2.05, 4.69) is 15.1 Å². The zero-order valence-electron chi connectivity index (χ0n) is 14.1. The Bertz CT molecular complexity index is 1040. The molecule has 0 fully saturated rings. The van der Waals surface area contributed by atoms with Crippen molar-refractivity contribution >= 4 is 17.2 Å². The average Bonchev–Trinajstić information content (AvgIpc) is 2.97. The van der Waals surface area contributed by atoms with Crippen LogP contribution in [0.4, 0.5) is 17.6 Å². The normalized spacial score (nSPS) is 11.7. The van der Waals surface area contributed by atoms with Crippen LogP contribution in [0.15, 0.2) is 16.9 Å². The molecule has 1 aromatic carbocycles. The van der Waals surface area contributed by atoms with Gasteiger partial charge in [-0.25, -0.2) is 22.4 Å². The van der Waals surface area contributed by atoms with Gasteiger partial charge in [0.15, 0.2) is 23.9 Å². The van der Waals surface area contributed by atoms with Gasteiger partial charge in [0.25, 0.3) is 12.4 Å². The second-order valence-electron chi connectivity index (χ2n) is 5.95. The highest BCUT2D eigenvalue weighted by Gasteiger charge is 2.23. The van der Waals surface area contributed by atoms with Crippen LogP contribution in [0.25, 0.3) is 16.8 Å². The molecule has 11 heteroatoms. The first-order valence-corrected chi connectivity index (χ1v) is 8.15. The van der Waals surface area contributed by atoms with Gasteiger partial charge in [-0.1, -0.05) is 25.4 Å². The summed E-state index contributed by atoms with van der Waals surface area (Å²) in [4.78, 5) is 18.4. The molecule has 0 atom stereocenters. The molecule has 0 unspecified atom stereocenters. The molecule has 0 radical (unpaired) electrons. The molecule has 3 aromatic rings. The van der Waals surface area contributed by atoms with Gasteiger partial charge in [0.1, 0.15) is 0 Å². The summed E-state index contributed by atoms with van der Waals surface area (Å²) < 4.78 is 57.8. The number of aromatic amines is 1. The number of nitrogens with one attached hydrogen (secondary N) is 1. The van der Waals surface area contributed by atoms with Gasteiger partial charge >= 0.3 is 5.69 Å². The fraction of sp³-hybridized carbons (Fsp3) is 0.312. The molecular formula is C16H13ClF4N4O2. The fourth-order valence-electron chi connectivity index (χ4n) is 2.53. The zero-order chi connectivity index (χ0) is 19.9. The maximum atomic E-state index is 13.9. The molecule has 0 bridgehead atoms. The molecule has 0 amide bonds. The number of rotatable bonds is 5. The van der Waals surface area contributed by atoms with Crippen LogP contribution in [0.1, 0.15) is 25.5 Å².